The molecule has 2 aromatic rings. The summed E-state index contributed by atoms with van der Waals surface area (Å²) in [5.41, 5.74) is 1.99. The van der Waals surface area contributed by atoms with Crippen molar-refractivity contribution in [3.8, 4) is 5.75 Å². The van der Waals surface area contributed by atoms with E-state index in [0.29, 0.717) is 5.75 Å². The van der Waals surface area contributed by atoms with Gasteiger partial charge < -0.3 is 9.63 Å². The van der Waals surface area contributed by atoms with Crippen molar-refractivity contribution in [3.05, 3.63) is 47.3 Å². The number of rotatable bonds is 3. The Bertz CT molecular complexity index is 594. The van der Waals surface area contributed by atoms with Crippen molar-refractivity contribution in [2.75, 3.05) is 6.54 Å². The Morgan fingerprint density at radius 2 is 2.14 bits per heavy atom. The van der Waals surface area contributed by atoms with Gasteiger partial charge in [0.25, 0.3) is 0 Å². The lowest BCUT2D eigenvalue weighted by molar-refractivity contribution is 0.182. The van der Waals surface area contributed by atoms with Gasteiger partial charge in [-0.2, -0.15) is 0 Å². The minimum absolute atomic E-state index is 0.282. The fraction of sp³-hybridized carbons (Fsp3) is 0.471. The van der Waals surface area contributed by atoms with Gasteiger partial charge in [0, 0.05) is 18.2 Å². The Labute approximate surface area is 125 Å². The van der Waals surface area contributed by atoms with Crippen LogP contribution in [0.15, 0.2) is 34.9 Å². The first-order chi connectivity index (χ1) is 10.2. The Morgan fingerprint density at radius 1 is 1.29 bits per heavy atom. The second-order valence-electron chi connectivity index (χ2n) is 5.83. The molecule has 2 heterocycles. The van der Waals surface area contributed by atoms with Crippen LogP contribution in [0.2, 0.25) is 0 Å². The van der Waals surface area contributed by atoms with E-state index in [9.17, 15) is 5.11 Å². The van der Waals surface area contributed by atoms with E-state index in [4.69, 9.17) is 4.52 Å². The molecule has 1 aromatic carbocycles. The van der Waals surface area contributed by atoms with E-state index in [2.05, 4.69) is 10.1 Å². The van der Waals surface area contributed by atoms with Gasteiger partial charge >= 0.3 is 0 Å². The molecule has 3 rings (SSSR count). The van der Waals surface area contributed by atoms with Crippen molar-refractivity contribution in [3.63, 3.8) is 0 Å². The van der Waals surface area contributed by atoms with Gasteiger partial charge in [-0.3, -0.25) is 4.90 Å². The van der Waals surface area contributed by atoms with Crippen LogP contribution in [0.5, 0.6) is 5.75 Å². The third kappa shape index (κ3) is 3.27. The number of aromatic hydroxyl groups is 1. The van der Waals surface area contributed by atoms with Crippen LogP contribution >= 0.6 is 0 Å². The van der Waals surface area contributed by atoms with Gasteiger partial charge in [-0.1, -0.05) is 36.2 Å². The maximum absolute atomic E-state index is 10.0. The molecule has 21 heavy (non-hydrogen) atoms. The molecular weight excluding hydrogens is 264 g/mol. The molecule has 4 nitrogen and oxygen atoms in total. The fourth-order valence-electron chi connectivity index (χ4n) is 3.10. The molecule has 0 saturated carbocycles. The SMILES string of the molecule is Cc1cc(C2CCCCCN2Cc2ccccc2O)no1. The number of nitrogens with zero attached hydrogens (tertiary/aromatic N) is 2. The molecule has 1 fully saturated rings. The summed E-state index contributed by atoms with van der Waals surface area (Å²) in [6, 6.07) is 9.90. The number of aryl methyl sites for hydroxylation is 1. The van der Waals surface area contributed by atoms with Crippen LogP contribution in [0.1, 0.15) is 48.7 Å². The van der Waals surface area contributed by atoms with Gasteiger partial charge in [0.2, 0.25) is 0 Å². The van der Waals surface area contributed by atoms with Gasteiger partial charge in [-0.25, -0.2) is 0 Å². The van der Waals surface area contributed by atoms with Crippen molar-refractivity contribution in [1.29, 1.82) is 0 Å². The zero-order valence-electron chi connectivity index (χ0n) is 12.5. The lowest BCUT2D eigenvalue weighted by Crippen LogP contribution is -2.28. The Kier molecular flexibility index (Phi) is 4.25. The van der Waals surface area contributed by atoms with Crippen molar-refractivity contribution >= 4 is 0 Å². The van der Waals surface area contributed by atoms with Crippen molar-refractivity contribution in [2.45, 2.75) is 45.2 Å². The third-order valence-electron chi connectivity index (χ3n) is 4.22. The quantitative estimate of drug-likeness (QED) is 0.932. The van der Waals surface area contributed by atoms with Crippen molar-refractivity contribution < 1.29 is 9.63 Å². The summed E-state index contributed by atoms with van der Waals surface area (Å²) >= 11 is 0. The van der Waals surface area contributed by atoms with Crippen LogP contribution in [-0.4, -0.2) is 21.7 Å². The van der Waals surface area contributed by atoms with E-state index in [1.165, 1.54) is 19.3 Å². The Balaban J connectivity index is 1.84. The first kappa shape index (κ1) is 14.1. The van der Waals surface area contributed by atoms with E-state index >= 15 is 0 Å². The predicted octanol–water partition coefficient (Wildman–Crippen LogP) is 3.81. The number of aromatic nitrogens is 1. The molecule has 112 valence electrons. The lowest BCUT2D eigenvalue weighted by Gasteiger charge is -2.28. The Morgan fingerprint density at radius 3 is 2.90 bits per heavy atom. The summed E-state index contributed by atoms with van der Waals surface area (Å²) in [7, 11) is 0. The molecule has 0 spiro atoms. The molecule has 0 aliphatic carbocycles. The number of likely N-dealkylation sites (tertiary alicyclic amines) is 1. The molecule has 1 unspecified atom stereocenters. The van der Waals surface area contributed by atoms with Crippen LogP contribution in [0.4, 0.5) is 0 Å². The summed E-state index contributed by atoms with van der Waals surface area (Å²) in [5, 5.41) is 14.2. The van der Waals surface area contributed by atoms with Crippen LogP contribution in [0.3, 0.4) is 0 Å². The summed E-state index contributed by atoms with van der Waals surface area (Å²) in [6.07, 6.45) is 4.76. The number of phenolic OH excluding ortho intramolecular Hbond substituents is 1. The van der Waals surface area contributed by atoms with E-state index in [1.807, 2.05) is 31.2 Å². The smallest absolute Gasteiger partial charge is 0.133 e. The molecule has 1 saturated heterocycles. The topological polar surface area (TPSA) is 49.5 Å². The number of hydrogen-bond donors (Lipinski definition) is 1. The molecule has 1 aliphatic heterocycles. The summed E-state index contributed by atoms with van der Waals surface area (Å²) in [5.74, 6) is 1.23. The van der Waals surface area contributed by atoms with Gasteiger partial charge in [0.05, 0.1) is 6.04 Å². The molecule has 0 radical (unpaired) electrons. The minimum Gasteiger partial charge on any atom is -0.508 e. The summed E-state index contributed by atoms with van der Waals surface area (Å²) in [4.78, 5) is 2.42. The van der Waals surface area contributed by atoms with Crippen molar-refractivity contribution in [1.82, 2.24) is 10.1 Å². The molecule has 1 aromatic heterocycles. The molecule has 1 atom stereocenters. The van der Waals surface area contributed by atoms with E-state index in [1.54, 1.807) is 6.07 Å². The monoisotopic (exact) mass is 286 g/mol. The number of benzene rings is 1. The first-order valence-electron chi connectivity index (χ1n) is 7.68. The van der Waals surface area contributed by atoms with Crippen LogP contribution in [0.25, 0.3) is 0 Å². The van der Waals surface area contributed by atoms with Gasteiger partial charge in [0.1, 0.15) is 17.2 Å². The van der Waals surface area contributed by atoms with Gasteiger partial charge in [0.15, 0.2) is 0 Å². The zero-order chi connectivity index (χ0) is 14.7. The Hall–Kier alpha value is -1.81. The fourth-order valence-corrected chi connectivity index (χ4v) is 3.10. The molecule has 1 aliphatic rings. The number of phenols is 1. The molecule has 0 amide bonds. The highest BCUT2D eigenvalue weighted by atomic mass is 16.5. The average molecular weight is 286 g/mol. The van der Waals surface area contributed by atoms with Gasteiger partial charge in [-0.05, 0) is 32.4 Å². The van der Waals surface area contributed by atoms with Crippen LogP contribution in [-0.2, 0) is 6.54 Å². The number of para-hydroxylation sites is 1. The normalized spacial score (nSPS) is 20.3. The highest BCUT2D eigenvalue weighted by Gasteiger charge is 2.25. The second-order valence-corrected chi connectivity index (χ2v) is 5.83. The number of hydrogen-bond acceptors (Lipinski definition) is 4. The highest BCUT2D eigenvalue weighted by molar-refractivity contribution is 5.31. The first-order valence-corrected chi connectivity index (χ1v) is 7.68. The largest absolute Gasteiger partial charge is 0.508 e. The second kappa shape index (κ2) is 6.31. The maximum atomic E-state index is 10.0. The molecular formula is C17H22N2O2. The zero-order valence-corrected chi connectivity index (χ0v) is 12.5. The van der Waals surface area contributed by atoms with Crippen LogP contribution < -0.4 is 0 Å². The van der Waals surface area contributed by atoms with Gasteiger partial charge in [-0.15, -0.1) is 0 Å². The van der Waals surface area contributed by atoms with Crippen LogP contribution in [0, 0.1) is 6.92 Å². The average Bonchev–Trinajstić information content (AvgIpc) is 2.77. The molecule has 0 bridgehead atoms. The third-order valence-corrected chi connectivity index (χ3v) is 4.22. The van der Waals surface area contributed by atoms with Crippen molar-refractivity contribution in [2.24, 2.45) is 0 Å². The van der Waals surface area contributed by atoms with E-state index in [-0.39, 0.29) is 6.04 Å². The minimum atomic E-state index is 0.282. The van der Waals surface area contributed by atoms with E-state index < -0.39 is 0 Å². The lowest BCUT2D eigenvalue weighted by atomic mass is 10.1. The summed E-state index contributed by atoms with van der Waals surface area (Å²) in [6.45, 7) is 3.72. The maximum Gasteiger partial charge on any atom is 0.133 e. The highest BCUT2D eigenvalue weighted by Crippen LogP contribution is 2.32. The summed E-state index contributed by atoms with van der Waals surface area (Å²) < 4.78 is 5.25. The standard InChI is InChI=1S/C17H22N2O2/c1-13-11-15(18-21-13)16-8-3-2-6-10-19(16)12-14-7-4-5-9-17(14)20/h4-5,7,9,11,16,20H,2-3,6,8,10,12H2,1H3. The predicted molar refractivity (Wildman–Crippen MR) is 81.0 cm³/mol. The molecule has 4 heteroatoms. The van der Waals surface area contributed by atoms with E-state index in [0.717, 1.165) is 36.5 Å². The molecule has 1 N–H and O–H groups in total.